The highest BCUT2D eigenvalue weighted by Crippen LogP contribution is 2.31. The SMILES string of the molecule is CCNC(CC1CCS(=O)(=O)C1)c1ccc(Cl)c(Cl)c1. The van der Waals surface area contributed by atoms with Crippen molar-refractivity contribution in [1.29, 1.82) is 0 Å². The number of hydrogen-bond acceptors (Lipinski definition) is 3. The molecule has 0 amide bonds. The number of hydrogen-bond donors (Lipinski definition) is 1. The van der Waals surface area contributed by atoms with Crippen molar-refractivity contribution in [3.8, 4) is 0 Å². The zero-order chi connectivity index (χ0) is 14.8. The van der Waals surface area contributed by atoms with E-state index >= 15 is 0 Å². The first kappa shape index (κ1) is 16.1. The Morgan fingerprint density at radius 3 is 2.65 bits per heavy atom. The van der Waals surface area contributed by atoms with Gasteiger partial charge in [-0.2, -0.15) is 0 Å². The molecule has 2 unspecified atom stereocenters. The number of halogens is 2. The maximum Gasteiger partial charge on any atom is 0.150 e. The molecule has 1 aromatic carbocycles. The van der Waals surface area contributed by atoms with Crippen LogP contribution in [0.15, 0.2) is 18.2 Å². The summed E-state index contributed by atoms with van der Waals surface area (Å²) < 4.78 is 23.1. The monoisotopic (exact) mass is 335 g/mol. The molecular formula is C14H19Cl2NO2S. The highest BCUT2D eigenvalue weighted by Gasteiger charge is 2.30. The molecule has 0 bridgehead atoms. The van der Waals surface area contributed by atoms with Crippen molar-refractivity contribution < 1.29 is 8.42 Å². The maximum absolute atomic E-state index is 11.6. The van der Waals surface area contributed by atoms with Crippen molar-refractivity contribution in [1.82, 2.24) is 5.32 Å². The number of rotatable bonds is 5. The summed E-state index contributed by atoms with van der Waals surface area (Å²) in [6.07, 6.45) is 1.57. The Hall–Kier alpha value is -0.290. The van der Waals surface area contributed by atoms with Gasteiger partial charge in [0.1, 0.15) is 0 Å². The van der Waals surface area contributed by atoms with Gasteiger partial charge >= 0.3 is 0 Å². The van der Waals surface area contributed by atoms with Crippen molar-refractivity contribution in [2.75, 3.05) is 18.1 Å². The van der Waals surface area contributed by atoms with Crippen molar-refractivity contribution in [3.05, 3.63) is 33.8 Å². The van der Waals surface area contributed by atoms with E-state index in [1.54, 1.807) is 6.07 Å². The third-order valence-electron chi connectivity index (χ3n) is 3.69. The first-order valence-corrected chi connectivity index (χ1v) is 9.37. The van der Waals surface area contributed by atoms with Crippen LogP contribution in [0.4, 0.5) is 0 Å². The summed E-state index contributed by atoms with van der Waals surface area (Å²) in [6, 6.07) is 5.72. The molecule has 6 heteroatoms. The van der Waals surface area contributed by atoms with Gasteiger partial charge < -0.3 is 5.32 Å². The summed E-state index contributed by atoms with van der Waals surface area (Å²) in [5.41, 5.74) is 1.06. The average Bonchev–Trinajstić information content (AvgIpc) is 2.72. The lowest BCUT2D eigenvalue weighted by molar-refractivity contribution is 0.422. The van der Waals surface area contributed by atoms with Gasteiger partial charge in [0.15, 0.2) is 9.84 Å². The molecule has 1 fully saturated rings. The highest BCUT2D eigenvalue weighted by molar-refractivity contribution is 7.91. The summed E-state index contributed by atoms with van der Waals surface area (Å²) in [7, 11) is -2.83. The van der Waals surface area contributed by atoms with Crippen LogP contribution in [-0.4, -0.2) is 26.5 Å². The van der Waals surface area contributed by atoms with E-state index in [0.29, 0.717) is 21.6 Å². The molecule has 1 heterocycles. The van der Waals surface area contributed by atoms with E-state index in [1.165, 1.54) is 0 Å². The third kappa shape index (κ3) is 4.10. The van der Waals surface area contributed by atoms with Crippen LogP contribution in [0.3, 0.4) is 0 Å². The van der Waals surface area contributed by atoms with Crippen LogP contribution in [0.25, 0.3) is 0 Å². The summed E-state index contributed by atoms with van der Waals surface area (Å²) >= 11 is 12.0. The lowest BCUT2D eigenvalue weighted by atomic mass is 9.94. The number of sulfone groups is 1. The molecule has 1 aliphatic heterocycles. The molecule has 1 aromatic rings. The zero-order valence-electron chi connectivity index (χ0n) is 11.4. The van der Waals surface area contributed by atoms with E-state index in [9.17, 15) is 8.42 Å². The summed E-state index contributed by atoms with van der Waals surface area (Å²) in [6.45, 7) is 2.86. The molecule has 0 radical (unpaired) electrons. The molecule has 0 aliphatic carbocycles. The van der Waals surface area contributed by atoms with Gasteiger partial charge in [0.2, 0.25) is 0 Å². The Morgan fingerprint density at radius 1 is 1.35 bits per heavy atom. The molecule has 1 aliphatic rings. The Balaban J connectivity index is 2.12. The van der Waals surface area contributed by atoms with Crippen LogP contribution in [0, 0.1) is 5.92 Å². The first-order valence-electron chi connectivity index (χ1n) is 6.80. The fraction of sp³-hybridized carbons (Fsp3) is 0.571. The molecule has 1 N–H and O–H groups in total. The smallest absolute Gasteiger partial charge is 0.150 e. The number of nitrogens with one attached hydrogen (secondary N) is 1. The van der Waals surface area contributed by atoms with E-state index in [4.69, 9.17) is 23.2 Å². The molecule has 0 aromatic heterocycles. The van der Waals surface area contributed by atoms with Gasteiger partial charge in [-0.15, -0.1) is 0 Å². The molecule has 20 heavy (non-hydrogen) atoms. The van der Waals surface area contributed by atoms with Gasteiger partial charge in [-0.1, -0.05) is 36.2 Å². The normalized spacial score (nSPS) is 22.9. The fourth-order valence-electron chi connectivity index (χ4n) is 2.70. The molecule has 2 atom stereocenters. The summed E-state index contributed by atoms with van der Waals surface area (Å²) in [5, 5.41) is 4.47. The Kier molecular flexibility index (Phi) is 5.35. The summed E-state index contributed by atoms with van der Waals surface area (Å²) in [5.74, 6) is 0.840. The largest absolute Gasteiger partial charge is 0.310 e. The molecule has 112 valence electrons. The molecule has 1 saturated heterocycles. The average molecular weight is 336 g/mol. The second-order valence-electron chi connectivity index (χ2n) is 5.29. The van der Waals surface area contributed by atoms with Gasteiger partial charge in [0, 0.05) is 6.04 Å². The lowest BCUT2D eigenvalue weighted by Crippen LogP contribution is -2.24. The van der Waals surface area contributed by atoms with Crippen molar-refractivity contribution in [3.63, 3.8) is 0 Å². The van der Waals surface area contributed by atoms with E-state index in [2.05, 4.69) is 5.32 Å². The van der Waals surface area contributed by atoms with Crippen LogP contribution in [0.2, 0.25) is 10.0 Å². The Bertz CT molecular complexity index is 575. The topological polar surface area (TPSA) is 46.2 Å². The molecule has 0 saturated carbocycles. The van der Waals surface area contributed by atoms with E-state index in [0.717, 1.165) is 24.9 Å². The van der Waals surface area contributed by atoms with Gasteiger partial charge in [0.05, 0.1) is 21.6 Å². The van der Waals surface area contributed by atoms with E-state index in [1.807, 2.05) is 19.1 Å². The fourth-order valence-corrected chi connectivity index (χ4v) is 4.89. The first-order chi connectivity index (χ1) is 9.41. The Labute approximate surface area is 130 Å². The van der Waals surface area contributed by atoms with Gasteiger partial charge in [-0.05, 0) is 43.0 Å². The second kappa shape index (κ2) is 6.65. The minimum Gasteiger partial charge on any atom is -0.310 e. The second-order valence-corrected chi connectivity index (χ2v) is 8.33. The number of benzene rings is 1. The summed E-state index contributed by atoms with van der Waals surface area (Å²) in [4.78, 5) is 0. The van der Waals surface area contributed by atoms with Gasteiger partial charge in [-0.25, -0.2) is 8.42 Å². The van der Waals surface area contributed by atoms with Crippen molar-refractivity contribution in [2.24, 2.45) is 5.92 Å². The minimum atomic E-state index is -2.83. The lowest BCUT2D eigenvalue weighted by Gasteiger charge is -2.21. The van der Waals surface area contributed by atoms with Crippen molar-refractivity contribution in [2.45, 2.75) is 25.8 Å². The van der Waals surface area contributed by atoms with Crippen LogP contribution in [0.1, 0.15) is 31.4 Å². The van der Waals surface area contributed by atoms with E-state index in [-0.39, 0.29) is 12.0 Å². The Morgan fingerprint density at radius 2 is 2.10 bits per heavy atom. The maximum atomic E-state index is 11.6. The third-order valence-corrected chi connectivity index (χ3v) is 6.27. The van der Waals surface area contributed by atoms with Crippen LogP contribution < -0.4 is 5.32 Å². The molecule has 3 nitrogen and oxygen atoms in total. The van der Waals surface area contributed by atoms with Crippen LogP contribution in [0.5, 0.6) is 0 Å². The van der Waals surface area contributed by atoms with Crippen LogP contribution >= 0.6 is 23.2 Å². The standard InChI is InChI=1S/C14H19Cl2NO2S/c1-2-17-14(7-10-5-6-20(18,19)9-10)11-3-4-12(15)13(16)8-11/h3-4,8,10,14,17H,2,5-7,9H2,1H3. The minimum absolute atomic E-state index is 0.119. The molecular weight excluding hydrogens is 317 g/mol. The van der Waals surface area contributed by atoms with Crippen molar-refractivity contribution >= 4 is 33.0 Å². The highest BCUT2D eigenvalue weighted by atomic mass is 35.5. The van der Waals surface area contributed by atoms with Crippen LogP contribution in [-0.2, 0) is 9.84 Å². The van der Waals surface area contributed by atoms with Gasteiger partial charge in [0.25, 0.3) is 0 Å². The quantitative estimate of drug-likeness (QED) is 0.896. The zero-order valence-corrected chi connectivity index (χ0v) is 13.7. The van der Waals surface area contributed by atoms with Gasteiger partial charge in [-0.3, -0.25) is 0 Å². The predicted octanol–water partition coefficient (Wildman–Crippen LogP) is 3.47. The molecule has 0 spiro atoms. The molecule has 2 rings (SSSR count). The van der Waals surface area contributed by atoms with E-state index < -0.39 is 9.84 Å². The predicted molar refractivity (Wildman–Crippen MR) is 84.3 cm³/mol.